The van der Waals surface area contributed by atoms with E-state index < -0.39 is 20.2 Å². The lowest BCUT2D eigenvalue weighted by Gasteiger charge is -2.23. The predicted octanol–water partition coefficient (Wildman–Crippen LogP) is 3.64. The van der Waals surface area contributed by atoms with E-state index in [0.717, 1.165) is 0 Å². The van der Waals surface area contributed by atoms with Gasteiger partial charge in [0.1, 0.15) is 11.6 Å². The van der Waals surface area contributed by atoms with Crippen molar-refractivity contribution in [2.45, 2.75) is 32.7 Å². The van der Waals surface area contributed by atoms with Gasteiger partial charge in [-0.05, 0) is 44.8 Å². The molecular weight excluding hydrogens is 249 g/mol. The Bertz CT molecular complexity index is 451. The molecule has 0 spiro atoms. The molecule has 0 fully saturated rings. The van der Waals surface area contributed by atoms with Crippen LogP contribution in [0.3, 0.4) is 0 Å². The van der Waals surface area contributed by atoms with Gasteiger partial charge in [-0.15, -0.1) is 0 Å². The Morgan fingerprint density at radius 2 is 2.06 bits per heavy atom. The van der Waals surface area contributed by atoms with E-state index in [1.807, 2.05) is 26.6 Å². The van der Waals surface area contributed by atoms with Crippen LogP contribution in [0.4, 0.5) is 4.39 Å². The average molecular weight is 267 g/mol. The Morgan fingerprint density at radius 3 is 2.56 bits per heavy atom. The molecule has 0 radical (unpaired) electrons. The van der Waals surface area contributed by atoms with Crippen LogP contribution in [0.25, 0.3) is 0 Å². The van der Waals surface area contributed by atoms with Crippen LogP contribution in [-0.2, 0) is 4.43 Å². The highest BCUT2D eigenvalue weighted by molar-refractivity contribution is 6.69. The lowest BCUT2D eigenvalue weighted by atomic mass is 10.1. The van der Waals surface area contributed by atoms with E-state index in [1.54, 1.807) is 0 Å². The number of hydrogen-bond donors (Lipinski definition) is 0. The molecule has 0 amide bonds. The minimum Gasteiger partial charge on any atom is -0.493 e. The molecule has 1 aromatic carbocycles. The minimum atomic E-state index is -1.89. The second-order valence-electron chi connectivity index (χ2n) is 4.85. The molecule has 0 saturated carbocycles. The van der Waals surface area contributed by atoms with E-state index in [9.17, 15) is 9.65 Å². The van der Waals surface area contributed by atoms with Crippen molar-refractivity contribution in [1.82, 2.24) is 0 Å². The number of benzene rings is 1. The lowest BCUT2D eigenvalue weighted by Crippen LogP contribution is -2.27. The number of hydrogen-bond acceptors (Lipinski definition) is 3. The van der Waals surface area contributed by atoms with Crippen LogP contribution in [0.5, 0.6) is 5.75 Å². The van der Waals surface area contributed by atoms with Crippen molar-refractivity contribution in [2.75, 3.05) is 6.61 Å². The molecule has 0 bridgehead atoms. The number of halogens is 1. The highest BCUT2D eigenvalue weighted by Crippen LogP contribution is 2.30. The molecule has 18 heavy (non-hydrogen) atoms. The van der Waals surface area contributed by atoms with Gasteiger partial charge in [-0.1, -0.05) is 0 Å². The van der Waals surface area contributed by atoms with Gasteiger partial charge in [0.2, 0.25) is 0 Å². The van der Waals surface area contributed by atoms with Crippen molar-refractivity contribution in [2.24, 2.45) is 0 Å². The largest absolute Gasteiger partial charge is 0.493 e. The molecule has 1 aromatic rings. The van der Waals surface area contributed by atoms with E-state index in [2.05, 4.69) is 6.07 Å². The third-order valence-electron chi connectivity index (χ3n) is 2.14. The summed E-state index contributed by atoms with van der Waals surface area (Å²) in [6, 6.07) is 6.22. The van der Waals surface area contributed by atoms with E-state index in [0.29, 0.717) is 17.9 Å². The molecule has 0 aromatic heterocycles. The summed E-state index contributed by atoms with van der Waals surface area (Å²) in [5.41, 5.74) is 0.460. The van der Waals surface area contributed by atoms with Crippen molar-refractivity contribution >= 4 is 8.32 Å². The molecule has 0 aliphatic rings. The van der Waals surface area contributed by atoms with Crippen molar-refractivity contribution in [3.05, 3.63) is 29.6 Å². The fraction of sp³-hybridized carbons (Fsp3) is 0.462. The first kappa shape index (κ1) is 14.7. The maximum Gasteiger partial charge on any atom is 0.186 e. The topological polar surface area (TPSA) is 42.2 Å². The van der Waals surface area contributed by atoms with Gasteiger partial charge >= 0.3 is 0 Å². The highest BCUT2D eigenvalue weighted by atomic mass is 28.4. The van der Waals surface area contributed by atoms with Gasteiger partial charge in [0.05, 0.1) is 12.7 Å². The van der Waals surface area contributed by atoms with Gasteiger partial charge in [0.15, 0.2) is 14.4 Å². The second kappa shape index (κ2) is 5.98. The first-order chi connectivity index (χ1) is 8.37. The fourth-order valence-corrected chi connectivity index (χ4v) is 2.41. The van der Waals surface area contributed by atoms with Crippen molar-refractivity contribution in [3.8, 4) is 11.8 Å². The zero-order chi connectivity index (χ0) is 13.8. The van der Waals surface area contributed by atoms with Gasteiger partial charge < -0.3 is 9.16 Å². The molecule has 0 saturated heterocycles. The van der Waals surface area contributed by atoms with Crippen LogP contribution in [0, 0.1) is 17.1 Å². The van der Waals surface area contributed by atoms with Gasteiger partial charge in [-0.2, -0.15) is 5.26 Å². The summed E-state index contributed by atoms with van der Waals surface area (Å²) >= 11 is 0. The predicted molar refractivity (Wildman–Crippen MR) is 70.4 cm³/mol. The van der Waals surface area contributed by atoms with Crippen LogP contribution in [0.2, 0.25) is 19.6 Å². The fourth-order valence-electron chi connectivity index (χ4n) is 1.52. The van der Waals surface area contributed by atoms with Gasteiger partial charge in [0, 0.05) is 5.56 Å². The van der Waals surface area contributed by atoms with Crippen LogP contribution >= 0.6 is 0 Å². The minimum absolute atomic E-state index is 0.395. The average Bonchev–Trinajstić information content (AvgIpc) is 2.27. The Labute approximate surface area is 108 Å². The highest BCUT2D eigenvalue weighted by Gasteiger charge is 2.25. The summed E-state index contributed by atoms with van der Waals surface area (Å²) in [7, 11) is -1.89. The molecule has 98 valence electrons. The Balaban J connectivity index is 3.11. The van der Waals surface area contributed by atoms with Crippen LogP contribution in [-0.4, -0.2) is 14.9 Å². The Kier molecular flexibility index (Phi) is 4.88. The van der Waals surface area contributed by atoms with E-state index in [-0.39, 0.29) is 0 Å². The van der Waals surface area contributed by atoms with Crippen LogP contribution < -0.4 is 4.74 Å². The first-order valence-corrected chi connectivity index (χ1v) is 9.28. The van der Waals surface area contributed by atoms with Crippen molar-refractivity contribution < 1.29 is 13.6 Å². The molecule has 0 heterocycles. The summed E-state index contributed by atoms with van der Waals surface area (Å²) in [6.45, 7) is 8.25. The van der Waals surface area contributed by atoms with E-state index in [4.69, 9.17) is 9.16 Å². The number of nitriles is 1. The molecule has 0 unspecified atom stereocenters. The SMILES string of the molecule is CCOc1ccc(F)cc1[C@H](C#N)O[Si](C)(C)C. The third-order valence-corrected chi connectivity index (χ3v) is 3.09. The molecule has 0 aliphatic heterocycles. The van der Waals surface area contributed by atoms with E-state index >= 15 is 0 Å². The molecule has 5 heteroatoms. The molecule has 1 rings (SSSR count). The zero-order valence-corrected chi connectivity index (χ0v) is 12.2. The summed E-state index contributed by atoms with van der Waals surface area (Å²) in [5.74, 6) is 0.108. The molecular formula is C13H18FNO2Si. The van der Waals surface area contributed by atoms with Gasteiger partial charge in [-0.25, -0.2) is 4.39 Å². The number of nitrogens with zero attached hydrogens (tertiary/aromatic N) is 1. The maximum absolute atomic E-state index is 13.3. The molecule has 1 atom stereocenters. The second-order valence-corrected chi connectivity index (χ2v) is 9.31. The normalized spacial score (nSPS) is 12.9. The van der Waals surface area contributed by atoms with Gasteiger partial charge in [-0.3, -0.25) is 0 Å². The summed E-state index contributed by atoms with van der Waals surface area (Å²) in [6.07, 6.45) is -0.783. The summed E-state index contributed by atoms with van der Waals surface area (Å²) in [4.78, 5) is 0. The summed E-state index contributed by atoms with van der Waals surface area (Å²) in [5, 5.41) is 9.20. The molecule has 3 nitrogen and oxygen atoms in total. The Morgan fingerprint density at radius 1 is 1.39 bits per heavy atom. The maximum atomic E-state index is 13.3. The monoisotopic (exact) mass is 267 g/mol. The van der Waals surface area contributed by atoms with E-state index in [1.165, 1.54) is 18.2 Å². The Hall–Kier alpha value is -1.38. The lowest BCUT2D eigenvalue weighted by molar-refractivity contribution is 0.243. The molecule has 0 N–H and O–H groups in total. The van der Waals surface area contributed by atoms with Gasteiger partial charge in [0.25, 0.3) is 0 Å². The van der Waals surface area contributed by atoms with Crippen LogP contribution in [0.1, 0.15) is 18.6 Å². The standard InChI is InChI=1S/C13H18FNO2Si/c1-5-16-12-7-6-10(14)8-11(12)13(9-15)17-18(2,3)4/h6-8,13H,5H2,1-4H3/t13-/m0/s1. The quantitative estimate of drug-likeness (QED) is 0.765. The third kappa shape index (κ3) is 4.13. The number of ether oxygens (including phenoxy) is 1. The first-order valence-electron chi connectivity index (χ1n) is 5.87. The zero-order valence-electron chi connectivity index (χ0n) is 11.2. The van der Waals surface area contributed by atoms with Crippen molar-refractivity contribution in [3.63, 3.8) is 0 Å². The summed E-state index contributed by atoms with van der Waals surface area (Å²) < 4.78 is 24.5. The number of rotatable bonds is 5. The molecule has 0 aliphatic carbocycles. The van der Waals surface area contributed by atoms with Crippen molar-refractivity contribution in [1.29, 1.82) is 5.26 Å². The van der Waals surface area contributed by atoms with Crippen LogP contribution in [0.15, 0.2) is 18.2 Å². The smallest absolute Gasteiger partial charge is 0.186 e.